The maximum Gasteiger partial charge on any atom is 0.343 e. The Kier molecular flexibility index (Phi) is 5.56. The fourth-order valence-electron chi connectivity index (χ4n) is 3.39. The molecule has 1 aliphatic carbocycles. The second-order valence-electron chi connectivity index (χ2n) is 6.75. The third-order valence-electron chi connectivity index (χ3n) is 4.71. The molecule has 1 fully saturated rings. The second kappa shape index (κ2) is 7.86. The van der Waals surface area contributed by atoms with Crippen molar-refractivity contribution in [3.8, 4) is 0 Å². The van der Waals surface area contributed by atoms with Crippen molar-refractivity contribution in [3.05, 3.63) is 56.2 Å². The van der Waals surface area contributed by atoms with Gasteiger partial charge in [0.25, 0.3) is 0 Å². The number of aryl methyl sites for hydroxylation is 1. The van der Waals surface area contributed by atoms with Gasteiger partial charge >= 0.3 is 5.00 Å². The van der Waals surface area contributed by atoms with Gasteiger partial charge in [0.1, 0.15) is 17.0 Å². The van der Waals surface area contributed by atoms with Crippen molar-refractivity contribution >= 4 is 27.9 Å². The first kappa shape index (κ1) is 18.4. The van der Waals surface area contributed by atoms with E-state index in [0.29, 0.717) is 10.6 Å². The van der Waals surface area contributed by atoms with E-state index in [1.807, 2.05) is 25.1 Å². The molecule has 0 bridgehead atoms. The van der Waals surface area contributed by atoms with E-state index in [0.717, 1.165) is 48.1 Å². The third kappa shape index (κ3) is 4.22. The van der Waals surface area contributed by atoms with Crippen LogP contribution in [0.1, 0.15) is 52.2 Å². The summed E-state index contributed by atoms with van der Waals surface area (Å²) in [6.07, 6.45) is 5.36. The van der Waals surface area contributed by atoms with Gasteiger partial charge in [-0.15, -0.1) is 0 Å². The smallest absolute Gasteiger partial charge is 0.299 e. The number of aromatic nitrogens is 1. The van der Waals surface area contributed by atoms with Crippen molar-refractivity contribution in [1.29, 1.82) is 0 Å². The van der Waals surface area contributed by atoms with Crippen LogP contribution in [0.15, 0.2) is 24.4 Å². The van der Waals surface area contributed by atoms with E-state index in [4.69, 9.17) is 0 Å². The molecule has 1 aromatic heterocycles. The fourth-order valence-corrected chi connectivity index (χ4v) is 4.15. The van der Waals surface area contributed by atoms with Gasteiger partial charge in [0.05, 0.1) is 11.3 Å². The third-order valence-corrected chi connectivity index (χ3v) is 5.66. The molecule has 136 valence electrons. The van der Waals surface area contributed by atoms with Gasteiger partial charge in [0.15, 0.2) is 5.78 Å². The van der Waals surface area contributed by atoms with Crippen LogP contribution in [0.3, 0.4) is 0 Å². The van der Waals surface area contributed by atoms with Crippen LogP contribution in [-0.4, -0.2) is 21.5 Å². The Morgan fingerprint density at radius 1 is 1.27 bits per heavy atom. The van der Waals surface area contributed by atoms with Crippen LogP contribution in [0.5, 0.6) is 0 Å². The second-order valence-corrected chi connectivity index (χ2v) is 7.84. The number of benzene rings is 1. The number of hydrogen-bond acceptors (Lipinski definition) is 6. The minimum absolute atomic E-state index is 0.0451. The van der Waals surface area contributed by atoms with Crippen LogP contribution in [0.4, 0.5) is 5.00 Å². The zero-order valence-electron chi connectivity index (χ0n) is 14.6. The Balaban J connectivity index is 1.74. The first-order chi connectivity index (χ1) is 12.4. The number of thiazole rings is 1. The van der Waals surface area contributed by atoms with Gasteiger partial charge in [-0.1, -0.05) is 30.5 Å². The number of nitrogens with zero attached hydrogens (tertiary/aromatic N) is 2. The highest BCUT2D eigenvalue weighted by Crippen LogP contribution is 2.30. The molecule has 7 heteroatoms. The molecule has 0 N–H and O–H groups in total. The van der Waals surface area contributed by atoms with E-state index in [1.54, 1.807) is 0 Å². The van der Waals surface area contributed by atoms with Crippen molar-refractivity contribution in [1.82, 2.24) is 4.98 Å². The molecule has 1 heterocycles. The van der Waals surface area contributed by atoms with Crippen LogP contribution in [0.25, 0.3) is 0 Å². The Labute approximate surface area is 155 Å². The summed E-state index contributed by atoms with van der Waals surface area (Å²) in [6.45, 7) is 1.94. The van der Waals surface area contributed by atoms with Crippen molar-refractivity contribution in [2.75, 3.05) is 0 Å². The van der Waals surface area contributed by atoms with Crippen LogP contribution in [0.2, 0.25) is 0 Å². The predicted octanol–water partition coefficient (Wildman–Crippen LogP) is 4.09. The SMILES string of the molecule is Cc1ccc(CC(=O)Cc2ncc([N+](=O)[O-])s2)c(C(=O)C2CCCC2)c1. The summed E-state index contributed by atoms with van der Waals surface area (Å²) in [4.78, 5) is 39.4. The summed E-state index contributed by atoms with van der Waals surface area (Å²) < 4.78 is 0. The van der Waals surface area contributed by atoms with Crippen LogP contribution in [0, 0.1) is 23.0 Å². The molecule has 3 rings (SSSR count). The lowest BCUT2D eigenvalue weighted by molar-refractivity contribution is -0.380. The summed E-state index contributed by atoms with van der Waals surface area (Å²) >= 11 is 0.915. The van der Waals surface area contributed by atoms with Gasteiger partial charge in [-0.3, -0.25) is 19.7 Å². The molecule has 2 aromatic rings. The standard InChI is InChI=1S/C19H20N2O4S/c1-12-6-7-14(16(8-12)19(23)13-4-2-3-5-13)9-15(22)10-17-20-11-18(26-17)21(24)25/h6-8,11,13H,2-5,9-10H2,1H3. The molecule has 0 unspecified atom stereocenters. The summed E-state index contributed by atoms with van der Waals surface area (Å²) in [5, 5.41) is 11.1. The lowest BCUT2D eigenvalue weighted by atomic mass is 9.90. The van der Waals surface area contributed by atoms with Crippen molar-refractivity contribution < 1.29 is 14.5 Å². The largest absolute Gasteiger partial charge is 0.343 e. The maximum absolute atomic E-state index is 12.8. The van der Waals surface area contributed by atoms with Crippen LogP contribution in [-0.2, 0) is 17.6 Å². The van der Waals surface area contributed by atoms with Crippen molar-refractivity contribution in [2.24, 2.45) is 5.92 Å². The molecule has 1 saturated carbocycles. The van der Waals surface area contributed by atoms with Gasteiger partial charge in [-0.25, -0.2) is 4.98 Å². The Morgan fingerprint density at radius 3 is 2.65 bits per heavy atom. The summed E-state index contributed by atoms with van der Waals surface area (Å²) in [6, 6.07) is 5.62. The minimum atomic E-state index is -0.510. The van der Waals surface area contributed by atoms with Crippen molar-refractivity contribution in [3.63, 3.8) is 0 Å². The molecule has 0 spiro atoms. The number of carbonyl (C=O) groups is 2. The number of rotatable bonds is 7. The lowest BCUT2D eigenvalue weighted by Gasteiger charge is -2.13. The maximum atomic E-state index is 12.8. The first-order valence-corrected chi connectivity index (χ1v) is 9.50. The number of carbonyl (C=O) groups excluding carboxylic acids is 2. The Morgan fingerprint density at radius 2 is 2.00 bits per heavy atom. The van der Waals surface area contributed by atoms with E-state index in [-0.39, 0.29) is 35.3 Å². The molecule has 0 saturated heterocycles. The molecule has 6 nitrogen and oxygen atoms in total. The molecule has 0 amide bonds. The zero-order chi connectivity index (χ0) is 18.7. The molecule has 1 aromatic carbocycles. The monoisotopic (exact) mass is 372 g/mol. The zero-order valence-corrected chi connectivity index (χ0v) is 15.4. The molecule has 0 radical (unpaired) electrons. The average Bonchev–Trinajstić information content (AvgIpc) is 3.27. The van der Waals surface area contributed by atoms with E-state index in [2.05, 4.69) is 4.98 Å². The highest BCUT2D eigenvalue weighted by Gasteiger charge is 2.26. The average molecular weight is 372 g/mol. The number of ketones is 2. The van der Waals surface area contributed by atoms with Crippen LogP contribution < -0.4 is 0 Å². The number of hydrogen-bond donors (Lipinski definition) is 0. The van der Waals surface area contributed by atoms with Crippen molar-refractivity contribution in [2.45, 2.75) is 45.4 Å². The molecule has 0 atom stereocenters. The normalized spacial score (nSPS) is 14.5. The quantitative estimate of drug-likeness (QED) is 0.415. The minimum Gasteiger partial charge on any atom is -0.299 e. The number of nitro groups is 1. The molecular weight excluding hydrogens is 352 g/mol. The van der Waals surface area contributed by atoms with E-state index < -0.39 is 4.92 Å². The van der Waals surface area contributed by atoms with Gasteiger partial charge in [0, 0.05) is 17.9 Å². The Hall–Kier alpha value is -2.41. The summed E-state index contributed by atoms with van der Waals surface area (Å²) in [5.74, 6) is 0.102. The van der Waals surface area contributed by atoms with Crippen LogP contribution >= 0.6 is 11.3 Å². The predicted molar refractivity (Wildman–Crippen MR) is 98.7 cm³/mol. The number of Topliss-reactive ketones (excluding diaryl/α,β-unsaturated/α-hetero) is 2. The topological polar surface area (TPSA) is 90.2 Å². The lowest BCUT2D eigenvalue weighted by Crippen LogP contribution is -2.16. The fraction of sp³-hybridized carbons (Fsp3) is 0.421. The highest BCUT2D eigenvalue weighted by atomic mass is 32.1. The molecule has 1 aliphatic rings. The van der Waals surface area contributed by atoms with E-state index >= 15 is 0 Å². The van der Waals surface area contributed by atoms with Gasteiger partial charge in [0.2, 0.25) is 0 Å². The van der Waals surface area contributed by atoms with Gasteiger partial charge < -0.3 is 0 Å². The highest BCUT2D eigenvalue weighted by molar-refractivity contribution is 7.14. The van der Waals surface area contributed by atoms with Gasteiger partial charge in [-0.05, 0) is 42.7 Å². The van der Waals surface area contributed by atoms with E-state index in [1.165, 1.54) is 6.20 Å². The Bertz CT molecular complexity index is 853. The first-order valence-electron chi connectivity index (χ1n) is 8.68. The van der Waals surface area contributed by atoms with E-state index in [9.17, 15) is 19.7 Å². The summed E-state index contributed by atoms with van der Waals surface area (Å²) in [7, 11) is 0. The molecule has 0 aliphatic heterocycles. The molecular formula is C19H20N2O4S. The van der Waals surface area contributed by atoms with Gasteiger partial charge in [-0.2, -0.15) is 0 Å². The molecule has 26 heavy (non-hydrogen) atoms. The summed E-state index contributed by atoms with van der Waals surface area (Å²) in [5.41, 5.74) is 2.39.